The summed E-state index contributed by atoms with van der Waals surface area (Å²) in [7, 11) is 0. The van der Waals surface area contributed by atoms with Gasteiger partial charge in [-0.25, -0.2) is 4.98 Å². The van der Waals surface area contributed by atoms with Gasteiger partial charge in [0, 0.05) is 12.5 Å². The van der Waals surface area contributed by atoms with Crippen LogP contribution >= 0.6 is 0 Å². The number of nitrogen functional groups attached to an aromatic ring is 1. The lowest BCUT2D eigenvalue weighted by Crippen LogP contribution is -2.11. The van der Waals surface area contributed by atoms with Crippen molar-refractivity contribution in [2.24, 2.45) is 0 Å². The highest BCUT2D eigenvalue weighted by atomic mass is 16.5. The Balaban J connectivity index is 1.69. The molecular weight excluding hydrogens is 348 g/mol. The summed E-state index contributed by atoms with van der Waals surface area (Å²) >= 11 is 0. The average Bonchev–Trinajstić information content (AvgIpc) is 2.74. The van der Waals surface area contributed by atoms with E-state index < -0.39 is 0 Å². The molecule has 0 unspecified atom stereocenters. The number of hydrogen-bond donors (Lipinski definition) is 2. The molecule has 3 N–H and O–H groups in total. The summed E-state index contributed by atoms with van der Waals surface area (Å²) < 4.78 is 6.05. The van der Waals surface area contributed by atoms with E-state index in [4.69, 9.17) is 10.5 Å². The van der Waals surface area contributed by atoms with Crippen molar-refractivity contribution in [2.75, 3.05) is 24.2 Å². The standard InChI is InChI=1S/C23H28N4O/c1-2-3-15-25-22-21(17-26-23(24)27-22)28-16-14-20(18-10-6-4-7-11-18)19-12-8-5-9-13-19/h4-13,17,20H,2-3,14-16H2,1H3,(H3,24,25,26,27). The molecule has 0 bridgehead atoms. The van der Waals surface area contributed by atoms with Gasteiger partial charge in [0.2, 0.25) is 5.95 Å². The Hall–Kier alpha value is -3.08. The molecule has 0 fully saturated rings. The highest BCUT2D eigenvalue weighted by Crippen LogP contribution is 2.29. The first-order valence-electron chi connectivity index (χ1n) is 9.87. The molecule has 5 heteroatoms. The maximum absolute atomic E-state index is 6.05. The first kappa shape index (κ1) is 19.7. The van der Waals surface area contributed by atoms with E-state index in [1.54, 1.807) is 6.20 Å². The zero-order chi connectivity index (χ0) is 19.6. The number of ether oxygens (including phenoxy) is 1. The topological polar surface area (TPSA) is 73.1 Å². The normalized spacial score (nSPS) is 10.8. The van der Waals surface area contributed by atoms with Crippen molar-refractivity contribution >= 4 is 11.8 Å². The Bertz CT molecular complexity index is 800. The van der Waals surface area contributed by atoms with Crippen LogP contribution in [0.3, 0.4) is 0 Å². The second-order valence-corrected chi connectivity index (χ2v) is 6.73. The van der Waals surface area contributed by atoms with Gasteiger partial charge >= 0.3 is 0 Å². The van der Waals surface area contributed by atoms with E-state index in [1.807, 2.05) is 12.1 Å². The molecule has 3 aromatic rings. The molecule has 2 aromatic carbocycles. The number of nitrogens with zero attached hydrogens (tertiary/aromatic N) is 2. The molecule has 0 aliphatic carbocycles. The molecule has 1 aromatic heterocycles. The fraction of sp³-hybridized carbons (Fsp3) is 0.304. The lowest BCUT2D eigenvalue weighted by Gasteiger charge is -2.19. The van der Waals surface area contributed by atoms with Crippen LogP contribution in [-0.4, -0.2) is 23.1 Å². The molecule has 5 nitrogen and oxygen atoms in total. The smallest absolute Gasteiger partial charge is 0.222 e. The van der Waals surface area contributed by atoms with Crippen LogP contribution in [0.5, 0.6) is 5.75 Å². The van der Waals surface area contributed by atoms with E-state index in [0.717, 1.165) is 25.8 Å². The third-order valence-corrected chi connectivity index (χ3v) is 4.66. The molecule has 3 rings (SSSR count). The number of anilines is 2. The van der Waals surface area contributed by atoms with Crippen molar-refractivity contribution in [3.05, 3.63) is 78.0 Å². The molecule has 28 heavy (non-hydrogen) atoms. The molecule has 0 aliphatic heterocycles. The summed E-state index contributed by atoms with van der Waals surface area (Å²) in [6.07, 6.45) is 4.68. The summed E-state index contributed by atoms with van der Waals surface area (Å²) in [6, 6.07) is 21.1. The van der Waals surface area contributed by atoms with E-state index >= 15 is 0 Å². The predicted octanol–water partition coefficient (Wildman–Crippen LogP) is 4.87. The molecule has 146 valence electrons. The first-order chi connectivity index (χ1) is 13.8. The SMILES string of the molecule is CCCCNc1nc(N)ncc1OCCC(c1ccccc1)c1ccccc1. The molecule has 1 heterocycles. The van der Waals surface area contributed by atoms with Gasteiger partial charge in [-0.05, 0) is 24.0 Å². The summed E-state index contributed by atoms with van der Waals surface area (Å²) in [5.74, 6) is 1.83. The minimum Gasteiger partial charge on any atom is -0.488 e. The fourth-order valence-electron chi connectivity index (χ4n) is 3.18. The molecule has 0 amide bonds. The Kier molecular flexibility index (Phi) is 7.24. The Morgan fingerprint density at radius 1 is 1.00 bits per heavy atom. The number of benzene rings is 2. The maximum Gasteiger partial charge on any atom is 0.222 e. The molecular formula is C23H28N4O. The lowest BCUT2D eigenvalue weighted by molar-refractivity contribution is 0.303. The van der Waals surface area contributed by atoms with Gasteiger partial charge < -0.3 is 15.8 Å². The summed E-state index contributed by atoms with van der Waals surface area (Å²) in [4.78, 5) is 8.37. The van der Waals surface area contributed by atoms with Crippen molar-refractivity contribution < 1.29 is 4.74 Å². The first-order valence-corrected chi connectivity index (χ1v) is 9.87. The van der Waals surface area contributed by atoms with Crippen LogP contribution in [0, 0.1) is 0 Å². The number of nitrogens with one attached hydrogen (secondary N) is 1. The lowest BCUT2D eigenvalue weighted by atomic mass is 9.89. The zero-order valence-corrected chi connectivity index (χ0v) is 16.3. The number of rotatable bonds is 10. The molecule has 0 radical (unpaired) electrons. The van der Waals surface area contributed by atoms with E-state index in [9.17, 15) is 0 Å². The predicted molar refractivity (Wildman–Crippen MR) is 115 cm³/mol. The van der Waals surface area contributed by atoms with Crippen molar-refractivity contribution in [2.45, 2.75) is 32.1 Å². The van der Waals surface area contributed by atoms with Crippen LogP contribution in [0.4, 0.5) is 11.8 Å². The molecule has 0 atom stereocenters. The van der Waals surface area contributed by atoms with Gasteiger partial charge in [-0.3, -0.25) is 0 Å². The van der Waals surface area contributed by atoms with Crippen LogP contribution < -0.4 is 15.8 Å². The zero-order valence-electron chi connectivity index (χ0n) is 16.3. The highest BCUT2D eigenvalue weighted by Gasteiger charge is 2.15. The number of hydrogen-bond acceptors (Lipinski definition) is 5. The van der Waals surface area contributed by atoms with Crippen LogP contribution in [0.25, 0.3) is 0 Å². The molecule has 0 spiro atoms. The van der Waals surface area contributed by atoms with Gasteiger partial charge in [0.1, 0.15) is 0 Å². The largest absolute Gasteiger partial charge is 0.488 e. The van der Waals surface area contributed by atoms with E-state index in [1.165, 1.54) is 11.1 Å². The number of aromatic nitrogens is 2. The van der Waals surface area contributed by atoms with Gasteiger partial charge in [0.05, 0.1) is 12.8 Å². The second-order valence-electron chi connectivity index (χ2n) is 6.73. The third-order valence-electron chi connectivity index (χ3n) is 4.66. The number of unbranched alkanes of at least 4 members (excludes halogenated alkanes) is 1. The van der Waals surface area contributed by atoms with Crippen molar-refractivity contribution in [1.82, 2.24) is 9.97 Å². The van der Waals surface area contributed by atoms with Crippen LogP contribution in [0.1, 0.15) is 43.2 Å². The van der Waals surface area contributed by atoms with Crippen molar-refractivity contribution in [3.8, 4) is 5.75 Å². The Labute approximate surface area is 167 Å². The van der Waals surface area contributed by atoms with Crippen LogP contribution in [0.2, 0.25) is 0 Å². The maximum atomic E-state index is 6.05. The van der Waals surface area contributed by atoms with E-state index in [0.29, 0.717) is 18.2 Å². The quantitative estimate of drug-likeness (QED) is 0.494. The van der Waals surface area contributed by atoms with Crippen LogP contribution in [-0.2, 0) is 0 Å². The Morgan fingerprint density at radius 3 is 2.25 bits per heavy atom. The third kappa shape index (κ3) is 5.46. The van der Waals surface area contributed by atoms with Gasteiger partial charge in [0.25, 0.3) is 0 Å². The fourth-order valence-corrected chi connectivity index (χ4v) is 3.18. The molecule has 0 aliphatic rings. The minimum atomic E-state index is 0.248. The van der Waals surface area contributed by atoms with Crippen LogP contribution in [0.15, 0.2) is 66.9 Å². The van der Waals surface area contributed by atoms with E-state index in [-0.39, 0.29) is 11.9 Å². The van der Waals surface area contributed by atoms with Gasteiger partial charge in [-0.15, -0.1) is 0 Å². The monoisotopic (exact) mass is 376 g/mol. The molecule has 0 saturated heterocycles. The van der Waals surface area contributed by atoms with E-state index in [2.05, 4.69) is 70.7 Å². The van der Waals surface area contributed by atoms with Gasteiger partial charge in [-0.2, -0.15) is 4.98 Å². The highest BCUT2D eigenvalue weighted by molar-refractivity contribution is 5.51. The van der Waals surface area contributed by atoms with Crippen molar-refractivity contribution in [3.63, 3.8) is 0 Å². The average molecular weight is 377 g/mol. The van der Waals surface area contributed by atoms with Gasteiger partial charge in [0.15, 0.2) is 11.6 Å². The minimum absolute atomic E-state index is 0.248. The summed E-state index contributed by atoms with van der Waals surface area (Å²) in [6.45, 7) is 3.55. The second kappa shape index (κ2) is 10.3. The summed E-state index contributed by atoms with van der Waals surface area (Å²) in [5, 5.41) is 3.30. The van der Waals surface area contributed by atoms with Crippen molar-refractivity contribution in [1.29, 1.82) is 0 Å². The number of nitrogens with two attached hydrogens (primary N) is 1. The summed E-state index contributed by atoms with van der Waals surface area (Å²) in [5.41, 5.74) is 8.31. The van der Waals surface area contributed by atoms with Gasteiger partial charge in [-0.1, -0.05) is 74.0 Å². The molecule has 0 saturated carbocycles. The Morgan fingerprint density at radius 2 is 1.64 bits per heavy atom.